The summed E-state index contributed by atoms with van der Waals surface area (Å²) in [5.74, 6) is 0. The van der Waals surface area contributed by atoms with Gasteiger partial charge in [-0.3, -0.25) is 0 Å². The van der Waals surface area contributed by atoms with Gasteiger partial charge in [0.1, 0.15) is 11.4 Å². The molecule has 0 saturated carbocycles. The molecule has 0 saturated heterocycles. The molecule has 4 nitrogen and oxygen atoms in total. The monoisotopic (exact) mass is 492 g/mol. The summed E-state index contributed by atoms with van der Waals surface area (Å²) in [6.45, 7) is 4.25. The van der Waals surface area contributed by atoms with Crippen molar-refractivity contribution in [1.82, 2.24) is 0 Å². The third kappa shape index (κ3) is 4.27. The molecule has 0 atom stereocenters. The third-order valence-electron chi connectivity index (χ3n) is 6.99. The van der Waals surface area contributed by atoms with Crippen molar-refractivity contribution in [3.05, 3.63) is 132 Å². The smallest absolute Gasteiger partial charge is 0.110 e. The van der Waals surface area contributed by atoms with E-state index in [1.807, 2.05) is 54.6 Å². The molecule has 0 fully saturated rings. The zero-order chi connectivity index (χ0) is 26.1. The molecule has 0 aromatic heterocycles. The second kappa shape index (κ2) is 9.83. The highest BCUT2D eigenvalue weighted by molar-refractivity contribution is 6.01. The summed E-state index contributed by atoms with van der Waals surface area (Å²) in [6.07, 6.45) is 0. The molecular formula is C34H28N4. The van der Waals surface area contributed by atoms with E-state index in [0.717, 1.165) is 33.5 Å². The Morgan fingerprint density at radius 3 is 2.00 bits per heavy atom. The van der Waals surface area contributed by atoms with E-state index in [2.05, 4.69) is 90.6 Å². The van der Waals surface area contributed by atoms with Crippen LogP contribution in [-0.2, 0) is 0 Å². The van der Waals surface area contributed by atoms with Crippen LogP contribution in [0.4, 0.5) is 34.1 Å². The highest BCUT2D eigenvalue weighted by atomic mass is 15.2. The first-order valence-electron chi connectivity index (χ1n) is 12.7. The lowest BCUT2D eigenvalue weighted by Crippen LogP contribution is -2.11. The lowest BCUT2D eigenvalue weighted by molar-refractivity contribution is 1.20. The molecular weight excluding hydrogens is 464 g/mol. The summed E-state index contributed by atoms with van der Waals surface area (Å²) in [5.41, 5.74) is 14.1. The lowest BCUT2D eigenvalue weighted by Gasteiger charge is -2.28. The van der Waals surface area contributed by atoms with Crippen LogP contribution in [0.25, 0.3) is 21.5 Å². The Bertz CT molecular complexity index is 1800. The van der Waals surface area contributed by atoms with Crippen LogP contribution in [0.5, 0.6) is 0 Å². The molecule has 0 bridgehead atoms. The van der Waals surface area contributed by atoms with E-state index in [9.17, 15) is 0 Å². The Morgan fingerprint density at radius 1 is 0.526 bits per heavy atom. The number of hydrogen-bond acceptors (Lipinski definition) is 4. The quantitative estimate of drug-likeness (QED) is 0.192. The van der Waals surface area contributed by atoms with Crippen molar-refractivity contribution in [3.63, 3.8) is 0 Å². The molecule has 38 heavy (non-hydrogen) atoms. The molecule has 0 aliphatic heterocycles. The maximum Gasteiger partial charge on any atom is 0.110 e. The molecule has 0 spiro atoms. The molecule has 0 heterocycles. The molecule has 184 valence electrons. The second-order valence-corrected chi connectivity index (χ2v) is 9.53. The number of rotatable bonds is 5. The van der Waals surface area contributed by atoms with Crippen molar-refractivity contribution in [3.8, 4) is 0 Å². The predicted octanol–water partition coefficient (Wildman–Crippen LogP) is 10.1. The van der Waals surface area contributed by atoms with Gasteiger partial charge in [-0.1, -0.05) is 90.5 Å². The summed E-state index contributed by atoms with van der Waals surface area (Å²) in [5, 5.41) is 13.8. The number of anilines is 4. The summed E-state index contributed by atoms with van der Waals surface area (Å²) < 4.78 is 0. The van der Waals surface area contributed by atoms with Crippen molar-refractivity contribution >= 4 is 55.7 Å². The largest absolute Gasteiger partial charge is 0.396 e. The van der Waals surface area contributed by atoms with Crippen molar-refractivity contribution in [1.29, 1.82) is 0 Å². The van der Waals surface area contributed by atoms with Gasteiger partial charge in [0.2, 0.25) is 0 Å². The zero-order valence-corrected chi connectivity index (χ0v) is 21.5. The van der Waals surface area contributed by atoms with Crippen molar-refractivity contribution in [2.24, 2.45) is 10.2 Å². The number of para-hydroxylation sites is 1. The minimum atomic E-state index is 0.629. The van der Waals surface area contributed by atoms with E-state index in [1.54, 1.807) is 0 Å². The molecule has 6 rings (SSSR count). The molecule has 0 unspecified atom stereocenters. The normalized spacial score (nSPS) is 11.4. The Balaban J connectivity index is 1.52. The number of azo groups is 1. The standard InChI is InChI=1S/C34H28N4/c1-23-15-19-26(20-16-23)38(32-22-17-24(2)27-10-5-6-12-29(27)32)33-14-8-7-13-30(33)36-37-31-21-18-25-9-3-4-11-28(25)34(31)35/h3-22H,35H2,1-2H3. The van der Waals surface area contributed by atoms with Gasteiger partial charge in [-0.25, -0.2) is 0 Å². The Labute approximate surface area is 222 Å². The first-order valence-corrected chi connectivity index (χ1v) is 12.7. The van der Waals surface area contributed by atoms with Gasteiger partial charge < -0.3 is 10.6 Å². The molecule has 6 aromatic rings. The Morgan fingerprint density at radius 2 is 1.18 bits per heavy atom. The van der Waals surface area contributed by atoms with E-state index in [-0.39, 0.29) is 0 Å². The highest BCUT2D eigenvalue weighted by Gasteiger charge is 2.19. The number of hydrogen-bond donors (Lipinski definition) is 1. The van der Waals surface area contributed by atoms with Crippen LogP contribution in [0.2, 0.25) is 0 Å². The molecule has 0 aliphatic carbocycles. The number of fused-ring (bicyclic) bond motifs is 2. The third-order valence-corrected chi connectivity index (χ3v) is 6.99. The van der Waals surface area contributed by atoms with Gasteiger partial charge in [0.15, 0.2) is 0 Å². The zero-order valence-electron chi connectivity index (χ0n) is 21.5. The number of aryl methyl sites for hydroxylation is 2. The minimum absolute atomic E-state index is 0.629. The first kappa shape index (κ1) is 23.4. The molecule has 0 aliphatic rings. The van der Waals surface area contributed by atoms with Gasteiger partial charge in [-0.05, 0) is 66.6 Å². The fourth-order valence-electron chi connectivity index (χ4n) is 4.95. The van der Waals surface area contributed by atoms with Gasteiger partial charge >= 0.3 is 0 Å². The van der Waals surface area contributed by atoms with Crippen LogP contribution < -0.4 is 10.6 Å². The van der Waals surface area contributed by atoms with E-state index in [4.69, 9.17) is 10.8 Å². The fraction of sp³-hybridized carbons (Fsp3) is 0.0588. The van der Waals surface area contributed by atoms with E-state index in [0.29, 0.717) is 11.4 Å². The summed E-state index contributed by atoms with van der Waals surface area (Å²) in [6, 6.07) is 41.6. The maximum atomic E-state index is 6.49. The second-order valence-electron chi connectivity index (χ2n) is 9.53. The first-order chi connectivity index (χ1) is 18.6. The SMILES string of the molecule is Cc1ccc(N(c2ccccc2N=Nc2ccc3ccccc3c2N)c2ccc(C)c3ccccc23)cc1. The predicted molar refractivity (Wildman–Crippen MR) is 161 cm³/mol. The molecule has 4 heteroatoms. The number of benzene rings is 6. The Hall–Kier alpha value is -4.96. The average molecular weight is 493 g/mol. The van der Waals surface area contributed by atoms with E-state index in [1.165, 1.54) is 21.9 Å². The van der Waals surface area contributed by atoms with E-state index >= 15 is 0 Å². The lowest BCUT2D eigenvalue weighted by atomic mass is 10.0. The number of nitrogen functional groups attached to an aromatic ring is 1. The molecule has 6 aromatic carbocycles. The van der Waals surface area contributed by atoms with Crippen LogP contribution in [-0.4, -0.2) is 0 Å². The topological polar surface area (TPSA) is 54.0 Å². The highest BCUT2D eigenvalue weighted by Crippen LogP contribution is 2.44. The van der Waals surface area contributed by atoms with Crippen molar-refractivity contribution in [2.45, 2.75) is 13.8 Å². The van der Waals surface area contributed by atoms with Gasteiger partial charge in [-0.2, -0.15) is 0 Å². The fourth-order valence-corrected chi connectivity index (χ4v) is 4.95. The van der Waals surface area contributed by atoms with Gasteiger partial charge in [0, 0.05) is 16.5 Å². The Kier molecular flexibility index (Phi) is 6.06. The molecule has 0 amide bonds. The minimum Gasteiger partial charge on any atom is -0.396 e. The van der Waals surface area contributed by atoms with Crippen LogP contribution in [0.3, 0.4) is 0 Å². The van der Waals surface area contributed by atoms with Gasteiger partial charge in [0.05, 0.1) is 17.1 Å². The van der Waals surface area contributed by atoms with Gasteiger partial charge in [-0.15, -0.1) is 10.2 Å². The van der Waals surface area contributed by atoms with Crippen molar-refractivity contribution in [2.75, 3.05) is 10.6 Å². The molecule has 2 N–H and O–H groups in total. The summed E-state index contributed by atoms with van der Waals surface area (Å²) in [7, 11) is 0. The van der Waals surface area contributed by atoms with Gasteiger partial charge in [0.25, 0.3) is 0 Å². The van der Waals surface area contributed by atoms with Crippen LogP contribution in [0.15, 0.2) is 132 Å². The van der Waals surface area contributed by atoms with Crippen molar-refractivity contribution < 1.29 is 0 Å². The summed E-state index contributed by atoms with van der Waals surface area (Å²) >= 11 is 0. The van der Waals surface area contributed by atoms with Crippen LogP contribution >= 0.6 is 0 Å². The maximum absolute atomic E-state index is 6.49. The van der Waals surface area contributed by atoms with Crippen LogP contribution in [0, 0.1) is 13.8 Å². The van der Waals surface area contributed by atoms with Crippen LogP contribution in [0.1, 0.15) is 11.1 Å². The number of nitrogens with zero attached hydrogens (tertiary/aromatic N) is 3. The van der Waals surface area contributed by atoms with E-state index < -0.39 is 0 Å². The molecule has 0 radical (unpaired) electrons. The summed E-state index contributed by atoms with van der Waals surface area (Å²) in [4.78, 5) is 2.26. The average Bonchev–Trinajstić information content (AvgIpc) is 2.96. The number of nitrogens with two attached hydrogens (primary N) is 1.